The number of nitrogen functional groups attached to an aromatic ring is 1. The Labute approximate surface area is 75.8 Å². The molecule has 0 aliphatic heterocycles. The molecular weight excluding hydrogens is 164 g/mol. The fraction of sp³-hybridized carbons (Fsp3) is 0. The van der Waals surface area contributed by atoms with Crippen molar-refractivity contribution in [2.75, 3.05) is 5.43 Å². The molecule has 1 heterocycles. The molecule has 0 aliphatic carbocycles. The van der Waals surface area contributed by atoms with E-state index in [2.05, 4.69) is 15.4 Å². The van der Waals surface area contributed by atoms with E-state index in [4.69, 9.17) is 5.84 Å². The van der Waals surface area contributed by atoms with Crippen LogP contribution >= 0.6 is 0 Å². The highest BCUT2D eigenvalue weighted by Gasteiger charge is 1.98. The molecule has 0 unspecified atom stereocenters. The molecular formula is C9H10N4. The summed E-state index contributed by atoms with van der Waals surface area (Å²) in [6.45, 7) is 0. The summed E-state index contributed by atoms with van der Waals surface area (Å²) < 4.78 is 0. The molecule has 0 aliphatic rings. The summed E-state index contributed by atoms with van der Waals surface area (Å²) in [6, 6.07) is 7.78. The zero-order valence-electron chi connectivity index (χ0n) is 6.99. The van der Waals surface area contributed by atoms with Crippen LogP contribution in [0.1, 0.15) is 0 Å². The van der Waals surface area contributed by atoms with Gasteiger partial charge < -0.3 is 10.4 Å². The number of nitrogens with one attached hydrogen (secondary N) is 2. The number of aromatic amines is 1. The van der Waals surface area contributed by atoms with Gasteiger partial charge in [0.05, 0.1) is 18.2 Å². The maximum atomic E-state index is 5.30. The molecule has 0 radical (unpaired) electrons. The van der Waals surface area contributed by atoms with Crippen LogP contribution in [-0.4, -0.2) is 9.97 Å². The number of aromatic nitrogens is 2. The number of imidazole rings is 1. The monoisotopic (exact) mass is 174 g/mol. The fourth-order valence-electron chi connectivity index (χ4n) is 1.19. The van der Waals surface area contributed by atoms with Gasteiger partial charge in [0, 0.05) is 11.3 Å². The molecule has 1 aromatic heterocycles. The highest BCUT2D eigenvalue weighted by molar-refractivity contribution is 5.64. The molecule has 2 rings (SSSR count). The number of H-pyrrole nitrogens is 1. The minimum absolute atomic E-state index is 0.882. The topological polar surface area (TPSA) is 66.7 Å². The van der Waals surface area contributed by atoms with Crippen molar-refractivity contribution in [3.8, 4) is 11.3 Å². The van der Waals surface area contributed by atoms with Crippen LogP contribution in [0.5, 0.6) is 0 Å². The van der Waals surface area contributed by atoms with Crippen LogP contribution in [0.15, 0.2) is 36.8 Å². The summed E-state index contributed by atoms with van der Waals surface area (Å²) in [5.41, 5.74) is 5.52. The number of benzene rings is 1. The molecule has 0 atom stereocenters. The molecule has 0 amide bonds. The van der Waals surface area contributed by atoms with Crippen LogP contribution in [0.25, 0.3) is 11.3 Å². The summed E-state index contributed by atoms with van der Waals surface area (Å²) in [5, 5.41) is 0. The Bertz CT molecular complexity index is 380. The molecule has 0 fully saturated rings. The average molecular weight is 174 g/mol. The Balaban J connectivity index is 2.41. The minimum atomic E-state index is 0.882. The average Bonchev–Trinajstić information content (AvgIpc) is 2.71. The van der Waals surface area contributed by atoms with E-state index >= 15 is 0 Å². The lowest BCUT2D eigenvalue weighted by Crippen LogP contribution is -2.06. The van der Waals surface area contributed by atoms with Gasteiger partial charge in [-0.1, -0.05) is 12.1 Å². The summed E-state index contributed by atoms with van der Waals surface area (Å²) >= 11 is 0. The molecule has 0 bridgehead atoms. The Hall–Kier alpha value is -1.81. The van der Waals surface area contributed by atoms with Crippen LogP contribution in [-0.2, 0) is 0 Å². The van der Waals surface area contributed by atoms with Crippen LogP contribution in [0.4, 0.5) is 5.69 Å². The maximum Gasteiger partial charge on any atom is 0.0924 e. The lowest BCUT2D eigenvalue weighted by Gasteiger charge is -2.01. The molecule has 4 N–H and O–H groups in total. The largest absolute Gasteiger partial charge is 0.345 e. The third-order valence-corrected chi connectivity index (χ3v) is 1.84. The molecule has 4 nitrogen and oxygen atoms in total. The van der Waals surface area contributed by atoms with E-state index in [-0.39, 0.29) is 0 Å². The predicted octanol–water partition coefficient (Wildman–Crippen LogP) is 1.36. The van der Waals surface area contributed by atoms with Crippen molar-refractivity contribution in [1.29, 1.82) is 0 Å². The Morgan fingerprint density at radius 2 is 2.31 bits per heavy atom. The van der Waals surface area contributed by atoms with Crippen molar-refractivity contribution in [3.05, 3.63) is 36.8 Å². The summed E-state index contributed by atoms with van der Waals surface area (Å²) in [6.07, 6.45) is 3.42. The lowest BCUT2D eigenvalue weighted by molar-refractivity contribution is 1.31. The normalized spacial score (nSPS) is 9.92. The quantitative estimate of drug-likeness (QED) is 0.475. The van der Waals surface area contributed by atoms with Gasteiger partial charge in [0.15, 0.2) is 0 Å². The molecule has 0 saturated heterocycles. The molecule has 13 heavy (non-hydrogen) atoms. The van der Waals surface area contributed by atoms with Gasteiger partial charge in [-0.15, -0.1) is 0 Å². The third kappa shape index (κ3) is 1.52. The first-order valence-corrected chi connectivity index (χ1v) is 3.95. The third-order valence-electron chi connectivity index (χ3n) is 1.84. The van der Waals surface area contributed by atoms with Crippen molar-refractivity contribution < 1.29 is 0 Å². The van der Waals surface area contributed by atoms with Crippen LogP contribution in [0.3, 0.4) is 0 Å². The van der Waals surface area contributed by atoms with E-state index < -0.39 is 0 Å². The van der Waals surface area contributed by atoms with E-state index in [0.717, 1.165) is 16.9 Å². The Morgan fingerprint density at radius 1 is 1.38 bits per heavy atom. The molecule has 4 heteroatoms. The number of hydrogen-bond donors (Lipinski definition) is 3. The van der Waals surface area contributed by atoms with E-state index in [1.165, 1.54) is 0 Å². The zero-order chi connectivity index (χ0) is 9.10. The van der Waals surface area contributed by atoms with Crippen molar-refractivity contribution in [2.24, 2.45) is 5.84 Å². The van der Waals surface area contributed by atoms with Crippen LogP contribution in [0, 0.1) is 0 Å². The number of nitrogens with zero attached hydrogens (tertiary/aromatic N) is 1. The lowest BCUT2D eigenvalue weighted by atomic mass is 10.1. The smallest absolute Gasteiger partial charge is 0.0924 e. The SMILES string of the molecule is NNc1cccc(-c2cnc[nH]2)c1. The molecule has 0 saturated carbocycles. The van der Waals surface area contributed by atoms with Gasteiger partial charge in [0.1, 0.15) is 0 Å². The number of rotatable bonds is 2. The van der Waals surface area contributed by atoms with Gasteiger partial charge >= 0.3 is 0 Å². The number of nitrogens with two attached hydrogens (primary N) is 1. The number of anilines is 1. The van der Waals surface area contributed by atoms with Crippen molar-refractivity contribution in [1.82, 2.24) is 9.97 Å². The first-order chi connectivity index (χ1) is 6.40. The zero-order valence-corrected chi connectivity index (χ0v) is 6.99. The standard InChI is InChI=1S/C9H10N4/c10-13-8-3-1-2-7(4-8)9-5-11-6-12-9/h1-6,13H,10H2,(H,11,12). The molecule has 2 aromatic rings. The summed E-state index contributed by atoms with van der Waals surface area (Å²) in [5.74, 6) is 5.30. The Kier molecular flexibility index (Phi) is 1.97. The van der Waals surface area contributed by atoms with Gasteiger partial charge in [-0.25, -0.2) is 4.98 Å². The van der Waals surface area contributed by atoms with Crippen LogP contribution < -0.4 is 11.3 Å². The van der Waals surface area contributed by atoms with Gasteiger partial charge in [0.25, 0.3) is 0 Å². The second kappa shape index (κ2) is 3.28. The van der Waals surface area contributed by atoms with E-state index in [0.29, 0.717) is 0 Å². The van der Waals surface area contributed by atoms with Crippen molar-refractivity contribution >= 4 is 5.69 Å². The molecule has 66 valence electrons. The van der Waals surface area contributed by atoms with Gasteiger partial charge in [-0.2, -0.15) is 0 Å². The summed E-state index contributed by atoms with van der Waals surface area (Å²) in [7, 11) is 0. The second-order valence-electron chi connectivity index (χ2n) is 2.69. The first-order valence-electron chi connectivity index (χ1n) is 3.95. The van der Waals surface area contributed by atoms with E-state index in [1.54, 1.807) is 12.5 Å². The van der Waals surface area contributed by atoms with E-state index in [1.807, 2.05) is 24.3 Å². The summed E-state index contributed by atoms with van der Waals surface area (Å²) in [4.78, 5) is 6.97. The fourth-order valence-corrected chi connectivity index (χ4v) is 1.19. The highest BCUT2D eigenvalue weighted by atomic mass is 15.2. The minimum Gasteiger partial charge on any atom is -0.345 e. The van der Waals surface area contributed by atoms with Gasteiger partial charge in [-0.3, -0.25) is 5.84 Å². The van der Waals surface area contributed by atoms with E-state index in [9.17, 15) is 0 Å². The van der Waals surface area contributed by atoms with Crippen LogP contribution in [0.2, 0.25) is 0 Å². The van der Waals surface area contributed by atoms with Crippen molar-refractivity contribution in [3.63, 3.8) is 0 Å². The number of hydrazine groups is 1. The first kappa shape index (κ1) is 7.82. The second-order valence-corrected chi connectivity index (χ2v) is 2.69. The maximum absolute atomic E-state index is 5.30. The van der Waals surface area contributed by atoms with Gasteiger partial charge in [-0.05, 0) is 12.1 Å². The van der Waals surface area contributed by atoms with Crippen molar-refractivity contribution in [2.45, 2.75) is 0 Å². The Morgan fingerprint density at radius 3 is 3.00 bits per heavy atom. The van der Waals surface area contributed by atoms with Gasteiger partial charge in [0.2, 0.25) is 0 Å². The molecule has 0 spiro atoms. The molecule has 1 aromatic carbocycles. The number of hydrogen-bond acceptors (Lipinski definition) is 3. The highest BCUT2D eigenvalue weighted by Crippen LogP contribution is 2.19. The predicted molar refractivity (Wildman–Crippen MR) is 51.8 cm³/mol.